The Morgan fingerprint density at radius 2 is 2.33 bits per heavy atom. The maximum atomic E-state index is 8.73. The summed E-state index contributed by atoms with van der Waals surface area (Å²) in [5, 5.41) is 8.73. The molecule has 2 aliphatic carbocycles. The van der Waals surface area contributed by atoms with Gasteiger partial charge in [0.15, 0.2) is 0 Å². The summed E-state index contributed by atoms with van der Waals surface area (Å²) in [5.41, 5.74) is 1.31. The minimum absolute atomic E-state index is 0.764. The lowest BCUT2D eigenvalue weighted by Gasteiger charge is -2.10. The highest BCUT2D eigenvalue weighted by Gasteiger charge is 2.35. The van der Waals surface area contributed by atoms with Crippen molar-refractivity contribution in [2.45, 2.75) is 25.7 Å². The van der Waals surface area contributed by atoms with E-state index in [-0.39, 0.29) is 0 Å². The van der Waals surface area contributed by atoms with Crippen LogP contribution < -0.4 is 0 Å². The molecule has 0 spiro atoms. The van der Waals surface area contributed by atoms with E-state index in [9.17, 15) is 0 Å². The topological polar surface area (TPSA) is 20.2 Å². The highest BCUT2D eigenvalue weighted by molar-refractivity contribution is 5.13. The lowest BCUT2D eigenvalue weighted by Crippen LogP contribution is -1.97. The van der Waals surface area contributed by atoms with E-state index in [0.717, 1.165) is 11.8 Å². The van der Waals surface area contributed by atoms with Crippen molar-refractivity contribution >= 4 is 0 Å². The third-order valence-electron chi connectivity index (χ3n) is 2.76. The molecule has 0 heterocycles. The molecule has 2 aliphatic rings. The van der Waals surface area contributed by atoms with Crippen LogP contribution in [0.1, 0.15) is 25.7 Å². The summed E-state index contributed by atoms with van der Waals surface area (Å²) in [6.45, 7) is 0. The molecule has 0 aromatic carbocycles. The minimum Gasteiger partial charge on any atom is -0.516 e. The first-order valence-corrected chi connectivity index (χ1v) is 3.73. The predicted octanol–water partition coefficient (Wildman–Crippen LogP) is 2.25. The van der Waals surface area contributed by atoms with Gasteiger partial charge >= 0.3 is 0 Å². The quantitative estimate of drug-likeness (QED) is 0.491. The molecule has 0 aliphatic heterocycles. The van der Waals surface area contributed by atoms with Crippen molar-refractivity contribution in [1.82, 2.24) is 0 Å². The smallest absolute Gasteiger partial charge is 0.0786 e. The first-order chi connectivity index (χ1) is 4.40. The van der Waals surface area contributed by atoms with Gasteiger partial charge in [0, 0.05) is 0 Å². The van der Waals surface area contributed by atoms with E-state index in [0.29, 0.717) is 0 Å². The summed E-state index contributed by atoms with van der Waals surface area (Å²) in [5.74, 6) is 1.69. The molecule has 2 fully saturated rings. The number of hydrogen-bond donors (Lipinski definition) is 1. The average molecular weight is 124 g/mol. The van der Waals surface area contributed by atoms with Crippen LogP contribution in [0, 0.1) is 11.8 Å². The number of hydrogen-bond acceptors (Lipinski definition) is 1. The monoisotopic (exact) mass is 124 g/mol. The molecular weight excluding hydrogens is 112 g/mol. The lowest BCUT2D eigenvalue weighted by molar-refractivity contribution is 0.446. The van der Waals surface area contributed by atoms with Crippen LogP contribution in [-0.4, -0.2) is 5.11 Å². The molecule has 9 heavy (non-hydrogen) atoms. The summed E-state index contributed by atoms with van der Waals surface area (Å²) in [7, 11) is 0. The molecule has 0 aromatic rings. The number of allylic oxidation sites excluding steroid dienone is 1. The van der Waals surface area contributed by atoms with Crippen LogP contribution in [0.5, 0.6) is 0 Å². The molecule has 1 N–H and O–H groups in total. The molecule has 2 atom stereocenters. The third kappa shape index (κ3) is 0.673. The van der Waals surface area contributed by atoms with Gasteiger partial charge < -0.3 is 5.11 Å². The fraction of sp³-hybridized carbons (Fsp3) is 0.750. The van der Waals surface area contributed by atoms with Gasteiger partial charge in [0.25, 0.3) is 0 Å². The van der Waals surface area contributed by atoms with E-state index < -0.39 is 0 Å². The Morgan fingerprint density at radius 3 is 2.67 bits per heavy atom. The number of aliphatic hydroxyl groups excluding tert-OH is 1. The Morgan fingerprint density at radius 1 is 1.44 bits per heavy atom. The standard InChI is InChI=1S/C8H12O/c9-5-8-4-6-1-2-7(8)3-6/h5-7,9H,1-4H2/b8-5+. The maximum absolute atomic E-state index is 8.73. The summed E-state index contributed by atoms with van der Waals surface area (Å²) >= 11 is 0. The van der Waals surface area contributed by atoms with E-state index in [2.05, 4.69) is 0 Å². The maximum Gasteiger partial charge on any atom is 0.0786 e. The number of rotatable bonds is 0. The first kappa shape index (κ1) is 5.33. The Bertz CT molecular complexity index is 149. The molecule has 0 amide bonds. The van der Waals surface area contributed by atoms with E-state index in [1.54, 1.807) is 0 Å². The third-order valence-corrected chi connectivity index (χ3v) is 2.76. The SMILES string of the molecule is O/C=C1\CC2CCC1C2. The molecule has 1 heteroatoms. The van der Waals surface area contributed by atoms with Gasteiger partial charge in [-0.25, -0.2) is 0 Å². The first-order valence-electron chi connectivity index (χ1n) is 3.73. The van der Waals surface area contributed by atoms with Crippen LogP contribution in [0.4, 0.5) is 0 Å². The molecule has 50 valence electrons. The Kier molecular flexibility index (Phi) is 1.04. The van der Waals surface area contributed by atoms with Gasteiger partial charge in [-0.3, -0.25) is 0 Å². The van der Waals surface area contributed by atoms with Crippen molar-refractivity contribution in [3.8, 4) is 0 Å². The second kappa shape index (κ2) is 1.76. The van der Waals surface area contributed by atoms with E-state index >= 15 is 0 Å². The molecule has 0 radical (unpaired) electrons. The van der Waals surface area contributed by atoms with Crippen molar-refractivity contribution in [2.75, 3.05) is 0 Å². The fourth-order valence-corrected chi connectivity index (χ4v) is 2.26. The normalized spacial score (nSPS) is 44.7. The predicted molar refractivity (Wildman–Crippen MR) is 36.2 cm³/mol. The van der Waals surface area contributed by atoms with Gasteiger partial charge in [0.2, 0.25) is 0 Å². The highest BCUT2D eigenvalue weighted by Crippen LogP contribution is 2.47. The van der Waals surface area contributed by atoms with E-state index in [1.165, 1.54) is 37.5 Å². The van der Waals surface area contributed by atoms with Crippen LogP contribution in [-0.2, 0) is 0 Å². The number of fused-ring (bicyclic) bond motifs is 2. The van der Waals surface area contributed by atoms with E-state index in [1.807, 2.05) is 0 Å². The van der Waals surface area contributed by atoms with Gasteiger partial charge in [-0.15, -0.1) is 0 Å². The minimum atomic E-state index is 0.764. The summed E-state index contributed by atoms with van der Waals surface area (Å²) in [6.07, 6.45) is 6.61. The summed E-state index contributed by atoms with van der Waals surface area (Å²) in [4.78, 5) is 0. The van der Waals surface area contributed by atoms with Crippen molar-refractivity contribution in [2.24, 2.45) is 11.8 Å². The van der Waals surface area contributed by atoms with Gasteiger partial charge in [-0.2, -0.15) is 0 Å². The summed E-state index contributed by atoms with van der Waals surface area (Å²) < 4.78 is 0. The average Bonchev–Trinajstić information content (AvgIpc) is 2.45. The molecule has 0 saturated heterocycles. The molecule has 2 rings (SSSR count). The molecule has 2 saturated carbocycles. The van der Waals surface area contributed by atoms with Crippen LogP contribution in [0.15, 0.2) is 11.8 Å². The molecule has 2 unspecified atom stereocenters. The Balaban J connectivity index is 2.18. The van der Waals surface area contributed by atoms with Crippen molar-refractivity contribution in [3.63, 3.8) is 0 Å². The molecule has 1 nitrogen and oxygen atoms in total. The van der Waals surface area contributed by atoms with Crippen molar-refractivity contribution in [3.05, 3.63) is 11.8 Å². The van der Waals surface area contributed by atoms with Gasteiger partial charge in [0.1, 0.15) is 0 Å². The van der Waals surface area contributed by atoms with Gasteiger partial charge in [0.05, 0.1) is 6.26 Å². The van der Waals surface area contributed by atoms with Gasteiger partial charge in [-0.1, -0.05) is 0 Å². The zero-order valence-corrected chi connectivity index (χ0v) is 5.51. The Labute approximate surface area is 55.4 Å². The van der Waals surface area contributed by atoms with Crippen LogP contribution in [0.25, 0.3) is 0 Å². The number of aliphatic hydroxyl groups is 1. The fourth-order valence-electron chi connectivity index (χ4n) is 2.26. The van der Waals surface area contributed by atoms with Crippen LogP contribution in [0.3, 0.4) is 0 Å². The van der Waals surface area contributed by atoms with Crippen LogP contribution in [0.2, 0.25) is 0 Å². The van der Waals surface area contributed by atoms with Crippen LogP contribution >= 0.6 is 0 Å². The molecule has 0 aromatic heterocycles. The van der Waals surface area contributed by atoms with Crippen molar-refractivity contribution < 1.29 is 5.11 Å². The second-order valence-corrected chi connectivity index (χ2v) is 3.28. The Hall–Kier alpha value is -0.460. The largest absolute Gasteiger partial charge is 0.516 e. The highest BCUT2D eigenvalue weighted by atomic mass is 16.2. The van der Waals surface area contributed by atoms with Crippen molar-refractivity contribution in [1.29, 1.82) is 0 Å². The molecule has 2 bridgehead atoms. The second-order valence-electron chi connectivity index (χ2n) is 3.28. The lowest BCUT2D eigenvalue weighted by atomic mass is 9.96. The zero-order valence-electron chi connectivity index (χ0n) is 5.51. The molecular formula is C8H12O. The van der Waals surface area contributed by atoms with E-state index in [4.69, 9.17) is 5.11 Å². The zero-order chi connectivity index (χ0) is 6.27. The summed E-state index contributed by atoms with van der Waals surface area (Å²) in [6, 6.07) is 0. The van der Waals surface area contributed by atoms with Gasteiger partial charge in [-0.05, 0) is 43.1 Å².